The zero-order valence-electron chi connectivity index (χ0n) is 15.1. The lowest BCUT2D eigenvalue weighted by Gasteiger charge is -2.28. The Morgan fingerprint density at radius 3 is 2.85 bits per heavy atom. The number of furan rings is 1. The predicted octanol–water partition coefficient (Wildman–Crippen LogP) is 2.85. The molecule has 1 aliphatic rings. The third kappa shape index (κ3) is 3.88. The number of anilines is 2. The van der Waals surface area contributed by atoms with E-state index in [1.165, 1.54) is 0 Å². The number of nitrogens with one attached hydrogen (secondary N) is 1. The summed E-state index contributed by atoms with van der Waals surface area (Å²) in [6.45, 7) is 3.16. The number of hydrogen-bond donors (Lipinski definition) is 1. The van der Waals surface area contributed by atoms with Gasteiger partial charge in [-0.05, 0) is 24.3 Å². The molecule has 4 rings (SSSR count). The molecule has 1 saturated heterocycles. The highest BCUT2D eigenvalue weighted by Crippen LogP contribution is 2.26. The molecule has 1 aromatic carbocycles. The number of amides is 1. The largest absolute Gasteiger partial charge is 0.497 e. The van der Waals surface area contributed by atoms with Gasteiger partial charge in [-0.25, -0.2) is 4.98 Å². The molecule has 0 aliphatic carbocycles. The lowest BCUT2D eigenvalue weighted by Crippen LogP contribution is -2.36. The molecule has 0 radical (unpaired) electrons. The van der Waals surface area contributed by atoms with Crippen LogP contribution >= 0.6 is 0 Å². The highest BCUT2D eigenvalue weighted by Gasteiger charge is 2.14. The molecule has 7 nitrogen and oxygen atoms in total. The van der Waals surface area contributed by atoms with Crippen LogP contribution in [0.5, 0.6) is 5.75 Å². The van der Waals surface area contributed by atoms with Crippen LogP contribution < -0.4 is 15.0 Å². The van der Waals surface area contributed by atoms with Crippen molar-refractivity contribution >= 4 is 28.4 Å². The van der Waals surface area contributed by atoms with Crippen molar-refractivity contribution in [2.75, 3.05) is 43.6 Å². The third-order valence-electron chi connectivity index (χ3n) is 4.61. The van der Waals surface area contributed by atoms with E-state index in [4.69, 9.17) is 13.9 Å². The summed E-state index contributed by atoms with van der Waals surface area (Å²) in [5.41, 5.74) is 2.56. The monoisotopic (exact) mass is 367 g/mol. The third-order valence-corrected chi connectivity index (χ3v) is 4.61. The number of fused-ring (bicyclic) bond motifs is 1. The van der Waals surface area contributed by atoms with Gasteiger partial charge < -0.3 is 24.1 Å². The number of hydrogen-bond acceptors (Lipinski definition) is 6. The Morgan fingerprint density at radius 2 is 2.11 bits per heavy atom. The minimum Gasteiger partial charge on any atom is -0.497 e. The number of ether oxygens (including phenoxy) is 2. The van der Waals surface area contributed by atoms with E-state index in [9.17, 15) is 4.79 Å². The Kier molecular flexibility index (Phi) is 4.93. The Balaban J connectivity index is 1.40. The van der Waals surface area contributed by atoms with Gasteiger partial charge in [0.15, 0.2) is 0 Å². The number of carbonyl (C=O) groups excluding carboxylic acids is 1. The smallest absolute Gasteiger partial charge is 0.230 e. The van der Waals surface area contributed by atoms with Gasteiger partial charge in [0.1, 0.15) is 17.2 Å². The predicted molar refractivity (Wildman–Crippen MR) is 102 cm³/mol. The summed E-state index contributed by atoms with van der Waals surface area (Å²) in [4.78, 5) is 19.0. The minimum atomic E-state index is -0.139. The van der Waals surface area contributed by atoms with Crippen molar-refractivity contribution in [1.29, 1.82) is 0 Å². The number of benzene rings is 1. The Bertz CT molecular complexity index is 930. The van der Waals surface area contributed by atoms with Gasteiger partial charge in [0.2, 0.25) is 5.91 Å². The maximum atomic E-state index is 12.4. The second-order valence-corrected chi connectivity index (χ2v) is 6.35. The van der Waals surface area contributed by atoms with Crippen LogP contribution in [0.25, 0.3) is 11.0 Å². The fourth-order valence-electron chi connectivity index (χ4n) is 3.16. The highest BCUT2D eigenvalue weighted by atomic mass is 16.5. The molecular formula is C20H21N3O4. The van der Waals surface area contributed by atoms with Crippen molar-refractivity contribution < 1.29 is 18.7 Å². The van der Waals surface area contributed by atoms with Gasteiger partial charge in [0.25, 0.3) is 0 Å². The molecule has 0 unspecified atom stereocenters. The second-order valence-electron chi connectivity index (χ2n) is 6.35. The van der Waals surface area contributed by atoms with Crippen molar-refractivity contribution in [2.24, 2.45) is 0 Å². The quantitative estimate of drug-likeness (QED) is 0.747. The number of nitrogens with zero attached hydrogens (tertiary/aromatic N) is 2. The van der Waals surface area contributed by atoms with Gasteiger partial charge in [0.05, 0.1) is 44.9 Å². The summed E-state index contributed by atoms with van der Waals surface area (Å²) in [7, 11) is 1.61. The molecule has 140 valence electrons. The van der Waals surface area contributed by atoms with Gasteiger partial charge in [-0.1, -0.05) is 0 Å². The molecule has 1 fully saturated rings. The molecule has 0 spiro atoms. The van der Waals surface area contributed by atoms with Gasteiger partial charge in [-0.3, -0.25) is 4.79 Å². The number of rotatable bonds is 5. The zero-order valence-corrected chi connectivity index (χ0v) is 15.1. The second kappa shape index (κ2) is 7.67. The number of carbonyl (C=O) groups is 1. The van der Waals surface area contributed by atoms with Crippen molar-refractivity contribution in [2.45, 2.75) is 6.42 Å². The number of pyridine rings is 1. The van der Waals surface area contributed by atoms with E-state index in [0.29, 0.717) is 11.4 Å². The first kappa shape index (κ1) is 17.4. The van der Waals surface area contributed by atoms with E-state index < -0.39 is 0 Å². The molecule has 3 heterocycles. The summed E-state index contributed by atoms with van der Waals surface area (Å²) >= 11 is 0. The molecule has 0 atom stereocenters. The fourth-order valence-corrected chi connectivity index (χ4v) is 3.16. The van der Waals surface area contributed by atoms with E-state index in [0.717, 1.165) is 48.7 Å². The van der Waals surface area contributed by atoms with Crippen molar-refractivity contribution in [3.8, 4) is 5.75 Å². The van der Waals surface area contributed by atoms with Crippen LogP contribution in [0.15, 0.2) is 47.2 Å². The Labute approximate surface area is 156 Å². The molecule has 2 aromatic heterocycles. The van der Waals surface area contributed by atoms with Gasteiger partial charge >= 0.3 is 0 Å². The fraction of sp³-hybridized carbons (Fsp3) is 0.300. The van der Waals surface area contributed by atoms with Crippen molar-refractivity contribution in [3.63, 3.8) is 0 Å². The first-order valence-electron chi connectivity index (χ1n) is 8.85. The SMILES string of the molecule is COc1ccc2c(CC(=O)Nc3ccc(N4CCOCC4)cn3)coc2c1. The summed E-state index contributed by atoms with van der Waals surface area (Å²) in [5.74, 6) is 1.11. The summed E-state index contributed by atoms with van der Waals surface area (Å²) in [6, 6.07) is 9.35. The summed E-state index contributed by atoms with van der Waals surface area (Å²) < 4.78 is 16.1. The van der Waals surface area contributed by atoms with Crippen LogP contribution in [0.1, 0.15) is 5.56 Å². The maximum Gasteiger partial charge on any atom is 0.230 e. The highest BCUT2D eigenvalue weighted by molar-refractivity contribution is 5.95. The van der Waals surface area contributed by atoms with E-state index in [1.807, 2.05) is 30.3 Å². The van der Waals surface area contributed by atoms with Crippen molar-refractivity contribution in [3.05, 3.63) is 48.4 Å². The molecule has 7 heteroatoms. The first-order valence-corrected chi connectivity index (χ1v) is 8.85. The average Bonchev–Trinajstić information content (AvgIpc) is 3.11. The molecular weight excluding hydrogens is 346 g/mol. The van der Waals surface area contributed by atoms with E-state index in [1.54, 1.807) is 19.6 Å². The van der Waals surface area contributed by atoms with Gasteiger partial charge in [-0.2, -0.15) is 0 Å². The maximum absolute atomic E-state index is 12.4. The Hall–Kier alpha value is -3.06. The first-order chi connectivity index (χ1) is 13.2. The molecule has 1 N–H and O–H groups in total. The van der Waals surface area contributed by atoms with E-state index in [2.05, 4.69) is 15.2 Å². The van der Waals surface area contributed by atoms with Crippen LogP contribution in [0.3, 0.4) is 0 Å². The van der Waals surface area contributed by atoms with Crippen LogP contribution in [0.2, 0.25) is 0 Å². The van der Waals surface area contributed by atoms with E-state index in [-0.39, 0.29) is 12.3 Å². The molecule has 0 bridgehead atoms. The number of aromatic nitrogens is 1. The zero-order chi connectivity index (χ0) is 18.6. The van der Waals surface area contributed by atoms with Crippen LogP contribution in [0.4, 0.5) is 11.5 Å². The normalized spacial score (nSPS) is 14.3. The van der Waals surface area contributed by atoms with Crippen LogP contribution in [-0.4, -0.2) is 44.3 Å². The van der Waals surface area contributed by atoms with Crippen LogP contribution in [0, 0.1) is 0 Å². The van der Waals surface area contributed by atoms with Crippen molar-refractivity contribution in [1.82, 2.24) is 4.98 Å². The van der Waals surface area contributed by atoms with E-state index >= 15 is 0 Å². The number of morpholine rings is 1. The molecule has 1 amide bonds. The molecule has 3 aromatic rings. The Morgan fingerprint density at radius 1 is 1.26 bits per heavy atom. The molecule has 27 heavy (non-hydrogen) atoms. The topological polar surface area (TPSA) is 76.8 Å². The lowest BCUT2D eigenvalue weighted by molar-refractivity contribution is -0.115. The molecule has 1 aliphatic heterocycles. The number of methoxy groups -OCH3 is 1. The lowest BCUT2D eigenvalue weighted by atomic mass is 10.1. The van der Waals surface area contributed by atoms with Gasteiger partial charge in [-0.15, -0.1) is 0 Å². The average molecular weight is 367 g/mol. The van der Waals surface area contributed by atoms with Crippen LogP contribution in [-0.2, 0) is 16.0 Å². The summed E-state index contributed by atoms with van der Waals surface area (Å²) in [5, 5.41) is 3.74. The molecule has 0 saturated carbocycles. The summed E-state index contributed by atoms with van der Waals surface area (Å²) in [6.07, 6.45) is 3.60. The minimum absolute atomic E-state index is 0.139. The standard InChI is InChI=1S/C20H21N3O4/c1-25-16-3-4-17-14(13-27-18(17)11-16)10-20(24)22-19-5-2-15(12-21-19)23-6-8-26-9-7-23/h2-5,11-13H,6-10H2,1H3,(H,21,22,24). The van der Waals surface area contributed by atoms with Gasteiger partial charge in [0, 0.05) is 30.1 Å².